The van der Waals surface area contributed by atoms with E-state index < -0.39 is 5.91 Å². The predicted octanol–water partition coefficient (Wildman–Crippen LogP) is 4.88. The number of phenolic OH excluding ortho intramolecular Hbond substituents is 1. The zero-order valence-corrected chi connectivity index (χ0v) is 19.8. The maximum absolute atomic E-state index is 13.4. The maximum Gasteiger partial charge on any atom is 0.299 e. The summed E-state index contributed by atoms with van der Waals surface area (Å²) in [7, 11) is 0. The summed E-state index contributed by atoms with van der Waals surface area (Å²) in [5, 5.41) is 22.3. The Labute approximate surface area is 194 Å². The van der Waals surface area contributed by atoms with Crippen molar-refractivity contribution >= 4 is 22.8 Å². The van der Waals surface area contributed by atoms with Gasteiger partial charge in [0.1, 0.15) is 16.8 Å². The molecule has 0 bridgehead atoms. The van der Waals surface area contributed by atoms with Crippen LogP contribution in [0.3, 0.4) is 0 Å². The first-order chi connectivity index (χ1) is 15.6. The van der Waals surface area contributed by atoms with E-state index in [1.54, 1.807) is 25.1 Å². The second kappa shape index (κ2) is 9.98. The number of fused-ring (bicyclic) bond motifs is 1. The molecule has 0 spiro atoms. The van der Waals surface area contributed by atoms with Gasteiger partial charge in [0, 0.05) is 17.7 Å². The van der Waals surface area contributed by atoms with E-state index in [-0.39, 0.29) is 29.2 Å². The highest BCUT2D eigenvalue weighted by atomic mass is 16.3. The van der Waals surface area contributed by atoms with Crippen LogP contribution in [0.5, 0.6) is 5.75 Å². The minimum Gasteiger partial charge on any atom is -0.507 e. The van der Waals surface area contributed by atoms with Crippen LogP contribution in [-0.4, -0.2) is 31.9 Å². The normalized spacial score (nSPS) is 11.5. The van der Waals surface area contributed by atoms with Crippen molar-refractivity contribution in [2.75, 3.05) is 0 Å². The molecule has 174 valence electrons. The first kappa shape index (κ1) is 24.2. The van der Waals surface area contributed by atoms with Crippen molar-refractivity contribution in [1.29, 1.82) is 0 Å². The van der Waals surface area contributed by atoms with Gasteiger partial charge >= 0.3 is 0 Å². The molecule has 0 atom stereocenters. The summed E-state index contributed by atoms with van der Waals surface area (Å²) in [5.74, 6) is -1.02. The third-order valence-corrected chi connectivity index (χ3v) is 5.90. The van der Waals surface area contributed by atoms with Crippen molar-refractivity contribution in [2.24, 2.45) is 0 Å². The van der Waals surface area contributed by atoms with Crippen molar-refractivity contribution in [2.45, 2.75) is 65.3 Å². The quantitative estimate of drug-likeness (QED) is 0.359. The lowest BCUT2D eigenvalue weighted by atomic mass is 9.78. The summed E-state index contributed by atoms with van der Waals surface area (Å²) in [6, 6.07) is 10.8. The number of hydrogen-bond acceptors (Lipinski definition) is 5. The number of aromatic nitrogens is 3. The summed E-state index contributed by atoms with van der Waals surface area (Å²) in [6.07, 6.45) is 4.23. The SMILES string of the molecule is C=C(C)C(=O)NCc1cc(C(C)(C)CCCCC)cc(C(=O)n2nc3ccccc3n2)c1O. The van der Waals surface area contributed by atoms with E-state index in [0.717, 1.165) is 36.0 Å². The van der Waals surface area contributed by atoms with Gasteiger partial charge in [-0.2, -0.15) is 0 Å². The van der Waals surface area contributed by atoms with E-state index in [2.05, 4.69) is 42.9 Å². The number of rotatable bonds is 9. The van der Waals surface area contributed by atoms with Crippen LogP contribution in [0, 0.1) is 0 Å². The van der Waals surface area contributed by atoms with Gasteiger partial charge in [-0.1, -0.05) is 58.7 Å². The van der Waals surface area contributed by atoms with Crippen molar-refractivity contribution in [3.8, 4) is 5.75 Å². The molecule has 1 heterocycles. The number of nitrogens with zero attached hydrogens (tertiary/aromatic N) is 3. The minimum atomic E-state index is -0.526. The van der Waals surface area contributed by atoms with Crippen LogP contribution >= 0.6 is 0 Å². The number of unbranched alkanes of at least 4 members (excludes halogenated alkanes) is 2. The van der Waals surface area contributed by atoms with Crippen LogP contribution in [0.2, 0.25) is 0 Å². The van der Waals surface area contributed by atoms with Crippen LogP contribution in [0.1, 0.15) is 74.9 Å². The highest BCUT2D eigenvalue weighted by Gasteiger charge is 2.26. The lowest BCUT2D eigenvalue weighted by Crippen LogP contribution is -2.25. The fourth-order valence-corrected chi connectivity index (χ4v) is 3.73. The lowest BCUT2D eigenvalue weighted by molar-refractivity contribution is -0.117. The molecule has 0 aliphatic carbocycles. The summed E-state index contributed by atoms with van der Waals surface area (Å²) in [6.45, 7) is 11.7. The van der Waals surface area contributed by atoms with E-state index in [1.165, 1.54) is 0 Å². The molecule has 0 unspecified atom stereocenters. The van der Waals surface area contributed by atoms with Gasteiger partial charge in [-0.05, 0) is 48.6 Å². The van der Waals surface area contributed by atoms with E-state index >= 15 is 0 Å². The highest BCUT2D eigenvalue weighted by Crippen LogP contribution is 2.35. The van der Waals surface area contributed by atoms with Crippen LogP contribution in [0.15, 0.2) is 48.6 Å². The average molecular weight is 449 g/mol. The van der Waals surface area contributed by atoms with Crippen molar-refractivity contribution < 1.29 is 14.7 Å². The van der Waals surface area contributed by atoms with Crippen LogP contribution in [0.4, 0.5) is 0 Å². The van der Waals surface area contributed by atoms with Gasteiger partial charge in [-0.15, -0.1) is 15.0 Å². The number of carbonyl (C=O) groups is 2. The van der Waals surface area contributed by atoms with Crippen molar-refractivity contribution in [3.63, 3.8) is 0 Å². The number of benzene rings is 2. The largest absolute Gasteiger partial charge is 0.507 e. The zero-order valence-electron chi connectivity index (χ0n) is 19.8. The molecule has 7 nitrogen and oxygen atoms in total. The Morgan fingerprint density at radius 1 is 1.12 bits per heavy atom. The fourth-order valence-electron chi connectivity index (χ4n) is 3.73. The molecule has 2 N–H and O–H groups in total. The highest BCUT2D eigenvalue weighted by molar-refractivity contribution is 5.99. The summed E-state index contributed by atoms with van der Waals surface area (Å²) >= 11 is 0. The van der Waals surface area contributed by atoms with Crippen LogP contribution in [-0.2, 0) is 16.8 Å². The second-order valence-corrected chi connectivity index (χ2v) is 9.12. The molecule has 0 fully saturated rings. The average Bonchev–Trinajstić information content (AvgIpc) is 3.22. The van der Waals surface area contributed by atoms with E-state index in [0.29, 0.717) is 22.2 Å². The summed E-state index contributed by atoms with van der Waals surface area (Å²) in [4.78, 5) is 26.4. The lowest BCUT2D eigenvalue weighted by Gasteiger charge is -2.27. The number of nitrogens with one attached hydrogen (secondary N) is 1. The van der Waals surface area contributed by atoms with Gasteiger partial charge < -0.3 is 10.4 Å². The molecule has 0 aliphatic rings. The molecule has 7 heteroatoms. The number of aromatic hydroxyl groups is 1. The Morgan fingerprint density at radius 2 is 1.76 bits per heavy atom. The smallest absolute Gasteiger partial charge is 0.299 e. The first-order valence-electron chi connectivity index (χ1n) is 11.3. The Morgan fingerprint density at radius 3 is 2.33 bits per heavy atom. The minimum absolute atomic E-state index is 0.0746. The molecule has 0 saturated carbocycles. The molecule has 33 heavy (non-hydrogen) atoms. The molecule has 0 aliphatic heterocycles. The number of phenols is 1. The van der Waals surface area contributed by atoms with Crippen molar-refractivity contribution in [3.05, 3.63) is 65.2 Å². The summed E-state index contributed by atoms with van der Waals surface area (Å²) < 4.78 is 0. The number of hydrogen-bond donors (Lipinski definition) is 2. The van der Waals surface area contributed by atoms with Crippen molar-refractivity contribution in [1.82, 2.24) is 20.3 Å². The molecule has 0 radical (unpaired) electrons. The van der Waals surface area contributed by atoms with Gasteiger partial charge in [-0.25, -0.2) is 0 Å². The first-order valence-corrected chi connectivity index (χ1v) is 11.3. The van der Waals surface area contributed by atoms with Gasteiger partial charge in [0.25, 0.3) is 5.91 Å². The Balaban J connectivity index is 2.04. The van der Waals surface area contributed by atoms with Crippen LogP contribution in [0.25, 0.3) is 11.0 Å². The Kier molecular flexibility index (Phi) is 7.31. The van der Waals surface area contributed by atoms with Crippen LogP contribution < -0.4 is 5.32 Å². The number of carbonyl (C=O) groups excluding carboxylic acids is 2. The molecule has 1 amide bonds. The number of amides is 1. The Hall–Kier alpha value is -3.48. The topological polar surface area (TPSA) is 97.1 Å². The molecular weight excluding hydrogens is 416 g/mol. The van der Waals surface area contributed by atoms with Gasteiger partial charge in [0.05, 0.1) is 5.56 Å². The molecule has 3 aromatic rings. The molecule has 1 aromatic heterocycles. The van der Waals surface area contributed by atoms with Gasteiger partial charge in [0.2, 0.25) is 5.91 Å². The monoisotopic (exact) mass is 448 g/mol. The molecule has 0 saturated heterocycles. The standard InChI is InChI=1S/C26H32N4O3/c1-6-7-10-13-26(4,5)19-14-18(16-27-24(32)17(2)3)23(31)20(15-19)25(33)30-28-21-11-8-9-12-22(21)29-30/h8-9,11-12,14-15,31H,2,6-7,10,13,16H2,1,3-5H3,(H,27,32). The predicted molar refractivity (Wildman–Crippen MR) is 129 cm³/mol. The third-order valence-electron chi connectivity index (χ3n) is 5.90. The maximum atomic E-state index is 13.4. The van der Waals surface area contributed by atoms with E-state index in [1.807, 2.05) is 18.2 Å². The molecular formula is C26H32N4O3. The molecule has 3 rings (SSSR count). The van der Waals surface area contributed by atoms with E-state index in [9.17, 15) is 14.7 Å². The Bertz CT molecular complexity index is 1160. The van der Waals surface area contributed by atoms with Gasteiger partial charge in [-0.3, -0.25) is 9.59 Å². The fraction of sp³-hybridized carbons (Fsp3) is 0.385. The molecule has 2 aromatic carbocycles. The third kappa shape index (κ3) is 5.48. The van der Waals surface area contributed by atoms with E-state index in [4.69, 9.17) is 0 Å². The second-order valence-electron chi connectivity index (χ2n) is 9.12. The zero-order chi connectivity index (χ0) is 24.2. The summed E-state index contributed by atoms with van der Waals surface area (Å²) in [5.41, 5.74) is 2.81. The van der Waals surface area contributed by atoms with Gasteiger partial charge in [0.15, 0.2) is 0 Å².